The number of ether oxygens (including phenoxy) is 1. The van der Waals surface area contributed by atoms with E-state index >= 15 is 0 Å². The molecule has 0 aliphatic carbocycles. The lowest BCUT2D eigenvalue weighted by Crippen LogP contribution is -1.96. The lowest BCUT2D eigenvalue weighted by molar-refractivity contribution is 0.309. The molecule has 0 aliphatic rings. The molecule has 14 heavy (non-hydrogen) atoms. The molecule has 0 unspecified atom stereocenters. The highest BCUT2D eigenvalue weighted by atomic mass is 79.9. The van der Waals surface area contributed by atoms with Gasteiger partial charge in [0, 0.05) is 10.4 Å². The summed E-state index contributed by atoms with van der Waals surface area (Å²) in [6, 6.07) is 5.90. The summed E-state index contributed by atoms with van der Waals surface area (Å²) in [4.78, 5) is 0. The molecular formula is C11H14BrClO. The number of hydrogen-bond acceptors (Lipinski definition) is 1. The fourth-order valence-electron chi connectivity index (χ4n) is 1.08. The molecule has 1 nitrogen and oxygen atoms in total. The summed E-state index contributed by atoms with van der Waals surface area (Å²) in [6.45, 7) is 2.93. The summed E-state index contributed by atoms with van der Waals surface area (Å²) in [7, 11) is 0. The Balaban J connectivity index is 2.60. The monoisotopic (exact) mass is 276 g/mol. The average Bonchev–Trinajstić information content (AvgIpc) is 2.21. The van der Waals surface area contributed by atoms with Crippen molar-refractivity contribution in [2.24, 2.45) is 0 Å². The fourth-order valence-corrected chi connectivity index (χ4v) is 1.85. The van der Waals surface area contributed by atoms with Crippen molar-refractivity contribution in [1.29, 1.82) is 0 Å². The van der Waals surface area contributed by atoms with Gasteiger partial charge in [-0.25, -0.2) is 0 Å². The second kappa shape index (κ2) is 6.31. The van der Waals surface area contributed by atoms with Gasteiger partial charge in [0.15, 0.2) is 0 Å². The van der Waals surface area contributed by atoms with Crippen LogP contribution in [0.25, 0.3) is 0 Å². The average molecular weight is 278 g/mol. The molecule has 0 spiro atoms. The maximum Gasteiger partial charge on any atom is 0.119 e. The molecule has 0 N–H and O–H groups in total. The van der Waals surface area contributed by atoms with Crippen LogP contribution in [0.15, 0.2) is 22.7 Å². The second-order valence-corrected chi connectivity index (χ2v) is 4.21. The largest absolute Gasteiger partial charge is 0.494 e. The molecule has 1 aromatic rings. The third kappa shape index (κ3) is 3.50. The van der Waals surface area contributed by atoms with E-state index in [4.69, 9.17) is 16.3 Å². The first-order valence-electron chi connectivity index (χ1n) is 4.75. The maximum absolute atomic E-state index is 5.78. The molecule has 1 aromatic carbocycles. The van der Waals surface area contributed by atoms with Crippen LogP contribution < -0.4 is 4.74 Å². The van der Waals surface area contributed by atoms with Crippen LogP contribution in [0.5, 0.6) is 5.75 Å². The smallest absolute Gasteiger partial charge is 0.119 e. The zero-order chi connectivity index (χ0) is 10.4. The molecule has 0 saturated heterocycles. The molecule has 0 saturated carbocycles. The summed E-state index contributed by atoms with van der Waals surface area (Å²) in [6.07, 6.45) is 2.24. The van der Waals surface area contributed by atoms with Crippen molar-refractivity contribution in [1.82, 2.24) is 0 Å². The molecule has 0 radical (unpaired) electrons. The predicted molar refractivity (Wildman–Crippen MR) is 64.1 cm³/mol. The van der Waals surface area contributed by atoms with Crippen LogP contribution in [0.1, 0.15) is 25.3 Å². The number of rotatable bonds is 5. The molecule has 0 aromatic heterocycles. The van der Waals surface area contributed by atoms with E-state index in [0.29, 0.717) is 5.88 Å². The number of unbranched alkanes of at least 4 members (excludes halogenated alkanes) is 1. The lowest BCUT2D eigenvalue weighted by atomic mass is 10.2. The highest BCUT2D eigenvalue weighted by Crippen LogP contribution is 2.24. The zero-order valence-electron chi connectivity index (χ0n) is 8.22. The minimum Gasteiger partial charge on any atom is -0.494 e. The van der Waals surface area contributed by atoms with E-state index in [0.717, 1.165) is 35.2 Å². The maximum atomic E-state index is 5.78. The Kier molecular flexibility index (Phi) is 5.34. The Morgan fingerprint density at radius 3 is 2.86 bits per heavy atom. The van der Waals surface area contributed by atoms with Crippen molar-refractivity contribution in [3.63, 3.8) is 0 Å². The summed E-state index contributed by atoms with van der Waals surface area (Å²) >= 11 is 9.21. The van der Waals surface area contributed by atoms with Gasteiger partial charge in [0.25, 0.3) is 0 Å². The van der Waals surface area contributed by atoms with Gasteiger partial charge in [-0.15, -0.1) is 11.6 Å². The molecule has 0 aliphatic heterocycles. The topological polar surface area (TPSA) is 9.23 Å². The molecule has 0 heterocycles. The normalized spacial score (nSPS) is 10.2. The van der Waals surface area contributed by atoms with E-state index in [-0.39, 0.29) is 0 Å². The van der Waals surface area contributed by atoms with E-state index < -0.39 is 0 Å². The third-order valence-corrected chi connectivity index (χ3v) is 2.99. The standard InChI is InChI=1S/C11H14BrClO/c1-2-3-6-14-10-4-5-11(12)9(7-10)8-13/h4-5,7H,2-3,6,8H2,1H3. The SMILES string of the molecule is CCCCOc1ccc(Br)c(CCl)c1. The second-order valence-electron chi connectivity index (χ2n) is 3.09. The van der Waals surface area contributed by atoms with Gasteiger partial charge < -0.3 is 4.74 Å². The summed E-state index contributed by atoms with van der Waals surface area (Å²) < 4.78 is 6.60. The van der Waals surface area contributed by atoms with Gasteiger partial charge in [-0.1, -0.05) is 29.3 Å². The molecule has 0 bridgehead atoms. The van der Waals surface area contributed by atoms with Gasteiger partial charge in [0.2, 0.25) is 0 Å². The van der Waals surface area contributed by atoms with Gasteiger partial charge >= 0.3 is 0 Å². The lowest BCUT2D eigenvalue weighted by Gasteiger charge is -2.07. The number of alkyl halides is 1. The fraction of sp³-hybridized carbons (Fsp3) is 0.455. The Hall–Kier alpha value is -0.210. The van der Waals surface area contributed by atoms with E-state index in [2.05, 4.69) is 22.9 Å². The molecule has 0 atom stereocenters. The van der Waals surface area contributed by atoms with Crippen LogP contribution in [-0.2, 0) is 5.88 Å². The van der Waals surface area contributed by atoms with Crippen LogP contribution in [0.2, 0.25) is 0 Å². The minimum absolute atomic E-state index is 0.506. The van der Waals surface area contributed by atoms with Crippen molar-refractivity contribution in [3.05, 3.63) is 28.2 Å². The van der Waals surface area contributed by atoms with E-state index in [1.54, 1.807) is 0 Å². The van der Waals surface area contributed by atoms with E-state index in [9.17, 15) is 0 Å². The first-order valence-corrected chi connectivity index (χ1v) is 6.08. The van der Waals surface area contributed by atoms with Crippen LogP contribution in [-0.4, -0.2) is 6.61 Å². The molecule has 3 heteroatoms. The van der Waals surface area contributed by atoms with Gasteiger partial charge in [0.1, 0.15) is 5.75 Å². The zero-order valence-corrected chi connectivity index (χ0v) is 10.6. The summed E-state index contributed by atoms with van der Waals surface area (Å²) in [5.74, 6) is 1.41. The summed E-state index contributed by atoms with van der Waals surface area (Å²) in [5.41, 5.74) is 1.07. The molecule has 0 amide bonds. The first kappa shape index (κ1) is 11.9. The number of hydrogen-bond donors (Lipinski definition) is 0. The van der Waals surface area contributed by atoms with Gasteiger partial charge in [-0.05, 0) is 30.2 Å². The Labute approximate surface area is 98.5 Å². The van der Waals surface area contributed by atoms with Gasteiger partial charge in [-0.3, -0.25) is 0 Å². The van der Waals surface area contributed by atoms with Crippen molar-refractivity contribution in [2.45, 2.75) is 25.6 Å². The number of halogens is 2. The molecular weight excluding hydrogens is 263 g/mol. The summed E-state index contributed by atoms with van der Waals surface area (Å²) in [5, 5.41) is 0. The van der Waals surface area contributed by atoms with Crippen molar-refractivity contribution in [3.8, 4) is 5.75 Å². The van der Waals surface area contributed by atoms with Crippen molar-refractivity contribution >= 4 is 27.5 Å². The van der Waals surface area contributed by atoms with E-state index in [1.165, 1.54) is 0 Å². The molecule has 1 rings (SSSR count). The Morgan fingerprint density at radius 1 is 1.43 bits per heavy atom. The Bertz CT molecular complexity index is 289. The number of benzene rings is 1. The van der Waals surface area contributed by atoms with Gasteiger partial charge in [0.05, 0.1) is 6.61 Å². The molecule has 78 valence electrons. The predicted octanol–water partition coefficient (Wildman–Crippen LogP) is 4.37. The van der Waals surface area contributed by atoms with E-state index in [1.807, 2.05) is 18.2 Å². The van der Waals surface area contributed by atoms with Crippen LogP contribution in [0, 0.1) is 0 Å². The van der Waals surface area contributed by atoms with Crippen molar-refractivity contribution < 1.29 is 4.74 Å². The van der Waals surface area contributed by atoms with Crippen LogP contribution in [0.4, 0.5) is 0 Å². The van der Waals surface area contributed by atoms with Crippen LogP contribution in [0.3, 0.4) is 0 Å². The highest BCUT2D eigenvalue weighted by Gasteiger charge is 2.00. The van der Waals surface area contributed by atoms with Gasteiger partial charge in [-0.2, -0.15) is 0 Å². The Morgan fingerprint density at radius 2 is 2.21 bits per heavy atom. The first-order chi connectivity index (χ1) is 6.77. The van der Waals surface area contributed by atoms with Crippen molar-refractivity contribution in [2.75, 3.05) is 6.61 Å². The molecule has 0 fully saturated rings. The highest BCUT2D eigenvalue weighted by molar-refractivity contribution is 9.10. The van der Waals surface area contributed by atoms with Crippen LogP contribution >= 0.6 is 27.5 Å². The quantitative estimate of drug-likeness (QED) is 0.574. The third-order valence-electron chi connectivity index (χ3n) is 1.93. The minimum atomic E-state index is 0.506.